The van der Waals surface area contributed by atoms with Crippen LogP contribution in [0.1, 0.15) is 13.8 Å². The molecule has 15 heavy (non-hydrogen) atoms. The van der Waals surface area contributed by atoms with Crippen molar-refractivity contribution in [3.05, 3.63) is 37.1 Å². The van der Waals surface area contributed by atoms with Gasteiger partial charge in [0.15, 0.2) is 0 Å². The van der Waals surface area contributed by atoms with E-state index in [0.717, 1.165) is 6.26 Å². The van der Waals surface area contributed by atoms with Crippen molar-refractivity contribution >= 4 is 11.9 Å². The maximum Gasteiger partial charge on any atom is 0.337 e. The fraction of sp³-hybridized carbons (Fsp3) is 0.273. The zero-order valence-corrected chi connectivity index (χ0v) is 9.33. The van der Waals surface area contributed by atoms with Gasteiger partial charge < -0.3 is 9.47 Å². The van der Waals surface area contributed by atoms with Gasteiger partial charge in [-0.15, -0.1) is 0 Å². The van der Waals surface area contributed by atoms with E-state index in [1.165, 1.54) is 7.11 Å². The van der Waals surface area contributed by atoms with Crippen LogP contribution in [0.2, 0.25) is 0 Å². The Bertz CT molecular complexity index is 276. The second-order valence-electron chi connectivity index (χ2n) is 2.62. The molecule has 0 N–H and O–H groups in total. The van der Waals surface area contributed by atoms with E-state index < -0.39 is 5.97 Å². The molecule has 0 fully saturated rings. The summed E-state index contributed by atoms with van der Waals surface area (Å²) in [6.07, 6.45) is 1.08. The molecule has 4 nitrogen and oxygen atoms in total. The van der Waals surface area contributed by atoms with Crippen molar-refractivity contribution in [2.45, 2.75) is 13.8 Å². The Balaban J connectivity index is 0. The topological polar surface area (TPSA) is 52.6 Å². The molecular weight excluding hydrogens is 196 g/mol. The Hall–Kier alpha value is -1.84. The molecule has 0 radical (unpaired) electrons. The molecule has 0 spiro atoms. The van der Waals surface area contributed by atoms with Crippen LogP contribution in [0.25, 0.3) is 0 Å². The lowest BCUT2D eigenvalue weighted by molar-refractivity contribution is -0.136. The zero-order chi connectivity index (χ0) is 12.4. The van der Waals surface area contributed by atoms with E-state index in [-0.39, 0.29) is 5.97 Å². The molecule has 0 saturated carbocycles. The molecule has 0 aromatic heterocycles. The second kappa shape index (κ2) is 8.74. The summed E-state index contributed by atoms with van der Waals surface area (Å²) in [7, 11) is 1.33. The third-order valence-electron chi connectivity index (χ3n) is 1.07. The summed E-state index contributed by atoms with van der Waals surface area (Å²) >= 11 is 0. The van der Waals surface area contributed by atoms with Gasteiger partial charge in [0.2, 0.25) is 0 Å². The highest BCUT2D eigenvalue weighted by atomic mass is 16.5. The van der Waals surface area contributed by atoms with Crippen LogP contribution in [0.4, 0.5) is 0 Å². The summed E-state index contributed by atoms with van der Waals surface area (Å²) < 4.78 is 8.60. The van der Waals surface area contributed by atoms with Gasteiger partial charge >= 0.3 is 11.9 Å². The van der Waals surface area contributed by atoms with Crippen LogP contribution < -0.4 is 0 Å². The number of methoxy groups -OCH3 is 1. The van der Waals surface area contributed by atoms with Gasteiger partial charge in [-0.2, -0.15) is 0 Å². The number of hydrogen-bond donors (Lipinski definition) is 0. The van der Waals surface area contributed by atoms with Crippen molar-refractivity contribution in [3.63, 3.8) is 0 Å². The summed E-state index contributed by atoms with van der Waals surface area (Å²) in [6, 6.07) is 0. The Morgan fingerprint density at radius 3 is 1.53 bits per heavy atom. The van der Waals surface area contributed by atoms with Crippen molar-refractivity contribution in [2.75, 3.05) is 7.11 Å². The molecule has 0 aromatic rings. The first-order valence-corrected chi connectivity index (χ1v) is 4.08. The van der Waals surface area contributed by atoms with E-state index in [9.17, 15) is 9.59 Å². The average Bonchev–Trinajstić information content (AvgIpc) is 2.17. The third-order valence-corrected chi connectivity index (χ3v) is 1.07. The van der Waals surface area contributed by atoms with Gasteiger partial charge in [-0.25, -0.2) is 9.59 Å². The molecule has 0 saturated heterocycles. The lowest BCUT2D eigenvalue weighted by atomic mass is 10.4. The van der Waals surface area contributed by atoms with Crippen molar-refractivity contribution in [2.24, 2.45) is 0 Å². The Kier molecular flexibility index (Phi) is 9.11. The Morgan fingerprint density at radius 1 is 1.07 bits per heavy atom. The van der Waals surface area contributed by atoms with Crippen LogP contribution in [0, 0.1) is 0 Å². The van der Waals surface area contributed by atoms with E-state index in [1.54, 1.807) is 13.8 Å². The predicted octanol–water partition coefficient (Wildman–Crippen LogP) is 1.98. The first-order valence-electron chi connectivity index (χ1n) is 4.08. The highest BCUT2D eigenvalue weighted by Crippen LogP contribution is 1.90. The molecule has 0 atom stereocenters. The standard InChI is InChI=1S/C6H8O2.C5H8O2/c1-4-8-6(7)5(2)3;1-4(2)5(6)7-3/h4H,1-2H2,3H3;1H2,2-3H3. The molecule has 0 aliphatic heterocycles. The van der Waals surface area contributed by atoms with E-state index >= 15 is 0 Å². The first kappa shape index (κ1) is 15.6. The lowest BCUT2D eigenvalue weighted by Gasteiger charge is -1.92. The van der Waals surface area contributed by atoms with Crippen molar-refractivity contribution in [3.8, 4) is 0 Å². The van der Waals surface area contributed by atoms with Gasteiger partial charge in [0, 0.05) is 11.1 Å². The predicted molar refractivity (Wildman–Crippen MR) is 57.9 cm³/mol. The van der Waals surface area contributed by atoms with Crippen LogP contribution in [-0.2, 0) is 19.1 Å². The number of carbonyl (C=O) groups excluding carboxylic acids is 2. The van der Waals surface area contributed by atoms with E-state index in [2.05, 4.69) is 29.2 Å². The van der Waals surface area contributed by atoms with E-state index in [4.69, 9.17) is 0 Å². The molecule has 0 amide bonds. The molecule has 0 aliphatic carbocycles. The van der Waals surface area contributed by atoms with Gasteiger partial charge in [0.25, 0.3) is 0 Å². The minimum Gasteiger partial charge on any atom is -0.466 e. The molecule has 0 aromatic carbocycles. The minimum absolute atomic E-state index is 0.347. The lowest BCUT2D eigenvalue weighted by Crippen LogP contribution is -1.98. The molecule has 0 heterocycles. The second-order valence-corrected chi connectivity index (χ2v) is 2.62. The minimum atomic E-state index is -0.431. The molecule has 0 aliphatic rings. The van der Waals surface area contributed by atoms with Gasteiger partial charge in [-0.3, -0.25) is 0 Å². The molecule has 4 heteroatoms. The number of ether oxygens (including phenoxy) is 2. The first-order chi connectivity index (χ1) is 6.86. The van der Waals surface area contributed by atoms with Crippen molar-refractivity contribution in [1.82, 2.24) is 0 Å². The number of rotatable bonds is 3. The molecule has 84 valence electrons. The van der Waals surface area contributed by atoms with Crippen LogP contribution in [0.15, 0.2) is 37.1 Å². The highest BCUT2D eigenvalue weighted by molar-refractivity contribution is 5.87. The van der Waals surface area contributed by atoms with Crippen molar-refractivity contribution in [1.29, 1.82) is 0 Å². The largest absolute Gasteiger partial charge is 0.466 e. The van der Waals surface area contributed by atoms with Gasteiger partial charge in [0.1, 0.15) is 0 Å². The SMILES string of the molecule is C=C(C)C(=O)OC.C=COC(=O)C(=C)C. The van der Waals surface area contributed by atoms with Gasteiger partial charge in [-0.1, -0.05) is 19.7 Å². The fourth-order valence-corrected chi connectivity index (χ4v) is 0.351. The summed E-state index contributed by atoms with van der Waals surface area (Å²) in [4.78, 5) is 20.5. The quantitative estimate of drug-likeness (QED) is 0.408. The fourth-order valence-electron chi connectivity index (χ4n) is 0.351. The van der Waals surface area contributed by atoms with E-state index in [1.807, 2.05) is 0 Å². The Morgan fingerprint density at radius 2 is 1.47 bits per heavy atom. The maximum absolute atomic E-state index is 10.3. The number of hydrogen-bond acceptors (Lipinski definition) is 4. The van der Waals surface area contributed by atoms with E-state index in [0.29, 0.717) is 11.1 Å². The summed E-state index contributed by atoms with van der Waals surface area (Å²) in [5.74, 6) is -0.778. The third kappa shape index (κ3) is 10.1. The van der Waals surface area contributed by atoms with Crippen LogP contribution in [0.5, 0.6) is 0 Å². The van der Waals surface area contributed by atoms with Gasteiger partial charge in [-0.05, 0) is 13.8 Å². The summed E-state index contributed by atoms with van der Waals surface area (Å²) in [5, 5.41) is 0. The highest BCUT2D eigenvalue weighted by Gasteiger charge is 1.97. The summed E-state index contributed by atoms with van der Waals surface area (Å²) in [5.41, 5.74) is 0.812. The van der Waals surface area contributed by atoms with Crippen LogP contribution in [-0.4, -0.2) is 19.0 Å². The maximum atomic E-state index is 10.3. The number of esters is 2. The van der Waals surface area contributed by atoms with Crippen LogP contribution >= 0.6 is 0 Å². The molecular formula is C11H16O4. The number of carbonyl (C=O) groups is 2. The summed E-state index contributed by atoms with van der Waals surface area (Å²) in [6.45, 7) is 13.1. The smallest absolute Gasteiger partial charge is 0.337 e. The molecule has 0 rings (SSSR count). The van der Waals surface area contributed by atoms with Gasteiger partial charge in [0.05, 0.1) is 13.4 Å². The molecule has 0 unspecified atom stereocenters. The van der Waals surface area contributed by atoms with Crippen molar-refractivity contribution < 1.29 is 19.1 Å². The zero-order valence-electron chi connectivity index (χ0n) is 9.33. The average molecular weight is 212 g/mol. The monoisotopic (exact) mass is 212 g/mol. The van der Waals surface area contributed by atoms with Crippen LogP contribution in [0.3, 0.4) is 0 Å². The normalized spacial score (nSPS) is 7.67. The Labute approximate surface area is 89.9 Å². The molecule has 0 bridgehead atoms.